The van der Waals surface area contributed by atoms with Crippen LogP contribution in [0, 0.1) is 0 Å². The zero-order chi connectivity index (χ0) is 15.9. The first-order valence-corrected chi connectivity index (χ1v) is 6.83. The number of aryl methyl sites for hydroxylation is 1. The SMILES string of the molecule is CCn1nccc1C(=O)Nc1cccc2c1C(=O)N(C)C2=O. The zero-order valence-electron chi connectivity index (χ0n) is 12.2. The molecule has 22 heavy (non-hydrogen) atoms. The van der Waals surface area contributed by atoms with E-state index in [1.807, 2.05) is 6.92 Å². The van der Waals surface area contributed by atoms with E-state index in [1.165, 1.54) is 13.2 Å². The number of fused-ring (bicyclic) bond motifs is 1. The minimum Gasteiger partial charge on any atom is -0.320 e. The number of aromatic nitrogens is 2. The smallest absolute Gasteiger partial charge is 0.273 e. The van der Waals surface area contributed by atoms with Crippen molar-refractivity contribution in [2.24, 2.45) is 0 Å². The first-order chi connectivity index (χ1) is 10.5. The average Bonchev–Trinajstić information content (AvgIpc) is 3.08. The van der Waals surface area contributed by atoms with E-state index in [1.54, 1.807) is 28.9 Å². The van der Waals surface area contributed by atoms with Crippen LogP contribution >= 0.6 is 0 Å². The molecule has 3 rings (SSSR count). The zero-order valence-corrected chi connectivity index (χ0v) is 12.2. The second kappa shape index (κ2) is 5.10. The number of hydrogen-bond acceptors (Lipinski definition) is 4. The van der Waals surface area contributed by atoms with Gasteiger partial charge in [-0.05, 0) is 25.1 Å². The van der Waals surface area contributed by atoms with Crippen LogP contribution in [0.5, 0.6) is 0 Å². The molecule has 0 atom stereocenters. The Bertz CT molecular complexity index is 794. The minimum atomic E-state index is -0.417. The number of nitrogens with zero attached hydrogens (tertiary/aromatic N) is 3. The highest BCUT2D eigenvalue weighted by Crippen LogP contribution is 2.28. The van der Waals surface area contributed by atoms with E-state index >= 15 is 0 Å². The largest absolute Gasteiger partial charge is 0.320 e. The molecule has 2 aromatic rings. The van der Waals surface area contributed by atoms with Crippen LogP contribution in [0.4, 0.5) is 5.69 Å². The van der Waals surface area contributed by atoms with E-state index in [2.05, 4.69) is 10.4 Å². The molecular formula is C15H14N4O3. The summed E-state index contributed by atoms with van der Waals surface area (Å²) < 4.78 is 1.55. The standard InChI is InChI=1S/C15H14N4O3/c1-3-19-11(7-8-16-19)13(20)17-10-6-4-5-9-12(10)15(22)18(2)14(9)21/h4-8H,3H2,1-2H3,(H,17,20). The van der Waals surface area contributed by atoms with Gasteiger partial charge in [-0.25, -0.2) is 0 Å². The molecule has 0 saturated carbocycles. The summed E-state index contributed by atoms with van der Waals surface area (Å²) >= 11 is 0. The third-order valence-corrected chi connectivity index (χ3v) is 3.61. The highest BCUT2D eigenvalue weighted by Gasteiger charge is 2.35. The molecule has 0 unspecified atom stereocenters. The molecule has 0 bridgehead atoms. The number of carbonyl (C=O) groups excluding carboxylic acids is 3. The Morgan fingerprint density at radius 2 is 2.00 bits per heavy atom. The predicted molar refractivity (Wildman–Crippen MR) is 78.7 cm³/mol. The van der Waals surface area contributed by atoms with Gasteiger partial charge < -0.3 is 5.32 Å². The summed E-state index contributed by atoms with van der Waals surface area (Å²) in [5.74, 6) is -1.16. The summed E-state index contributed by atoms with van der Waals surface area (Å²) in [6, 6.07) is 6.41. The van der Waals surface area contributed by atoms with Gasteiger partial charge in [0, 0.05) is 19.8 Å². The molecule has 0 fully saturated rings. The number of benzene rings is 1. The van der Waals surface area contributed by atoms with Crippen molar-refractivity contribution < 1.29 is 14.4 Å². The van der Waals surface area contributed by atoms with Crippen molar-refractivity contribution >= 4 is 23.4 Å². The summed E-state index contributed by atoms with van der Waals surface area (Å²) in [7, 11) is 1.42. The van der Waals surface area contributed by atoms with Gasteiger partial charge in [-0.3, -0.25) is 24.0 Å². The highest BCUT2D eigenvalue weighted by atomic mass is 16.2. The van der Waals surface area contributed by atoms with Crippen LogP contribution in [0.3, 0.4) is 0 Å². The summed E-state index contributed by atoms with van der Waals surface area (Å²) in [6.45, 7) is 2.43. The fourth-order valence-corrected chi connectivity index (χ4v) is 2.47. The molecule has 1 aliphatic rings. The molecule has 0 aliphatic carbocycles. The molecule has 7 nitrogen and oxygen atoms in total. The fourth-order valence-electron chi connectivity index (χ4n) is 2.47. The number of imide groups is 1. The lowest BCUT2D eigenvalue weighted by molar-refractivity contribution is 0.0693. The number of hydrogen-bond donors (Lipinski definition) is 1. The van der Waals surface area contributed by atoms with Crippen LogP contribution < -0.4 is 5.32 Å². The van der Waals surface area contributed by atoms with Crippen molar-refractivity contribution in [1.82, 2.24) is 14.7 Å². The Morgan fingerprint density at radius 1 is 1.23 bits per heavy atom. The summed E-state index contributed by atoms with van der Waals surface area (Å²) in [6.07, 6.45) is 1.54. The predicted octanol–water partition coefficient (Wildman–Crippen LogP) is 1.38. The van der Waals surface area contributed by atoms with E-state index in [9.17, 15) is 14.4 Å². The first-order valence-electron chi connectivity index (χ1n) is 6.83. The number of anilines is 1. The monoisotopic (exact) mass is 298 g/mol. The molecule has 112 valence electrons. The van der Waals surface area contributed by atoms with Crippen LogP contribution in [-0.2, 0) is 6.54 Å². The maximum Gasteiger partial charge on any atom is 0.273 e. The Labute approximate surface area is 126 Å². The third-order valence-electron chi connectivity index (χ3n) is 3.61. The van der Waals surface area contributed by atoms with Crippen molar-refractivity contribution in [3.63, 3.8) is 0 Å². The van der Waals surface area contributed by atoms with Gasteiger partial charge in [0.15, 0.2) is 0 Å². The molecule has 1 N–H and O–H groups in total. The van der Waals surface area contributed by atoms with Crippen LogP contribution in [0.2, 0.25) is 0 Å². The van der Waals surface area contributed by atoms with Crippen molar-refractivity contribution in [3.8, 4) is 0 Å². The van der Waals surface area contributed by atoms with Crippen LogP contribution in [0.1, 0.15) is 38.1 Å². The second-order valence-corrected chi connectivity index (χ2v) is 4.88. The van der Waals surface area contributed by atoms with Crippen LogP contribution in [0.25, 0.3) is 0 Å². The van der Waals surface area contributed by atoms with E-state index in [-0.39, 0.29) is 17.4 Å². The molecule has 1 aromatic heterocycles. The van der Waals surface area contributed by atoms with Crippen molar-refractivity contribution in [3.05, 3.63) is 47.3 Å². The van der Waals surface area contributed by atoms with Gasteiger partial charge in [0.25, 0.3) is 17.7 Å². The Balaban J connectivity index is 1.97. The second-order valence-electron chi connectivity index (χ2n) is 4.88. The molecule has 7 heteroatoms. The van der Waals surface area contributed by atoms with E-state index in [0.717, 1.165) is 4.90 Å². The topological polar surface area (TPSA) is 84.3 Å². The maximum absolute atomic E-state index is 12.3. The molecule has 0 saturated heterocycles. The normalized spacial score (nSPS) is 13.5. The third kappa shape index (κ3) is 1.98. The Kier molecular flexibility index (Phi) is 3.25. The van der Waals surface area contributed by atoms with Gasteiger partial charge in [0.1, 0.15) is 5.69 Å². The minimum absolute atomic E-state index is 0.228. The number of rotatable bonds is 3. The van der Waals surface area contributed by atoms with Crippen LogP contribution in [-0.4, -0.2) is 39.4 Å². The molecule has 0 radical (unpaired) electrons. The van der Waals surface area contributed by atoms with Crippen molar-refractivity contribution in [2.75, 3.05) is 12.4 Å². The summed E-state index contributed by atoms with van der Waals surface area (Å²) in [5.41, 5.74) is 1.25. The summed E-state index contributed by atoms with van der Waals surface area (Å²) in [4.78, 5) is 37.5. The van der Waals surface area contributed by atoms with E-state index in [0.29, 0.717) is 23.5 Å². The molecular weight excluding hydrogens is 284 g/mol. The molecule has 3 amide bonds. The Hall–Kier alpha value is -2.96. The lowest BCUT2D eigenvalue weighted by Gasteiger charge is -2.09. The van der Waals surface area contributed by atoms with Gasteiger partial charge in [0.05, 0.1) is 16.8 Å². The van der Waals surface area contributed by atoms with Gasteiger partial charge in [-0.1, -0.05) is 6.07 Å². The van der Waals surface area contributed by atoms with Gasteiger partial charge >= 0.3 is 0 Å². The van der Waals surface area contributed by atoms with Gasteiger partial charge in [-0.2, -0.15) is 5.10 Å². The van der Waals surface area contributed by atoms with Crippen molar-refractivity contribution in [1.29, 1.82) is 0 Å². The molecule has 1 aliphatic heterocycles. The lowest BCUT2D eigenvalue weighted by Crippen LogP contribution is -2.25. The van der Waals surface area contributed by atoms with Gasteiger partial charge in [-0.15, -0.1) is 0 Å². The van der Waals surface area contributed by atoms with Crippen molar-refractivity contribution in [2.45, 2.75) is 13.5 Å². The summed E-state index contributed by atoms with van der Waals surface area (Å²) in [5, 5.41) is 6.73. The van der Waals surface area contributed by atoms with Gasteiger partial charge in [0.2, 0.25) is 0 Å². The maximum atomic E-state index is 12.3. The fraction of sp³-hybridized carbons (Fsp3) is 0.200. The molecule has 0 spiro atoms. The number of carbonyl (C=O) groups is 3. The molecule has 2 heterocycles. The van der Waals surface area contributed by atoms with Crippen LogP contribution in [0.15, 0.2) is 30.5 Å². The van der Waals surface area contributed by atoms with E-state index < -0.39 is 5.91 Å². The Morgan fingerprint density at radius 3 is 2.73 bits per heavy atom. The highest BCUT2D eigenvalue weighted by molar-refractivity contribution is 6.24. The number of nitrogens with one attached hydrogen (secondary N) is 1. The molecule has 1 aromatic carbocycles. The van der Waals surface area contributed by atoms with E-state index in [4.69, 9.17) is 0 Å². The number of amides is 3. The quantitative estimate of drug-likeness (QED) is 0.868. The average molecular weight is 298 g/mol. The first kappa shape index (κ1) is 14.0. The lowest BCUT2D eigenvalue weighted by atomic mass is 10.1.